The number of nitrogens with one attached hydrogen (secondary N) is 1. The number of aromatic nitrogens is 2. The Kier molecular flexibility index (Phi) is 6.55. The average Bonchev–Trinajstić information content (AvgIpc) is 3.36. The van der Waals surface area contributed by atoms with Crippen LogP contribution in [0.25, 0.3) is 10.2 Å². The lowest BCUT2D eigenvalue weighted by Crippen LogP contribution is -2.29. The predicted molar refractivity (Wildman–Crippen MR) is 123 cm³/mol. The second kappa shape index (κ2) is 9.32. The average molecular weight is 444 g/mol. The van der Waals surface area contributed by atoms with E-state index in [1.54, 1.807) is 15.9 Å². The zero-order valence-electron chi connectivity index (χ0n) is 17.1. The molecule has 1 aliphatic heterocycles. The van der Waals surface area contributed by atoms with Crippen LogP contribution in [0, 0.1) is 6.92 Å². The number of carbonyl (C=O) groups is 1. The SMILES string of the molecule is CCc1c(C)sc2nc(SCC(=O)Nc3ccccc3)n(C[C@H]3CCCO3)c(=O)c12. The second-order valence-corrected chi connectivity index (χ2v) is 9.46. The van der Waals surface area contributed by atoms with E-state index in [1.165, 1.54) is 11.8 Å². The number of anilines is 1. The third-order valence-corrected chi connectivity index (χ3v) is 7.25. The highest BCUT2D eigenvalue weighted by Crippen LogP contribution is 2.30. The van der Waals surface area contributed by atoms with Gasteiger partial charge < -0.3 is 10.1 Å². The van der Waals surface area contributed by atoms with Crippen molar-refractivity contribution in [2.45, 2.75) is 50.9 Å². The highest BCUT2D eigenvalue weighted by atomic mass is 32.2. The lowest BCUT2D eigenvalue weighted by Gasteiger charge is -2.16. The van der Waals surface area contributed by atoms with Crippen LogP contribution in [0.15, 0.2) is 40.3 Å². The Morgan fingerprint density at radius 1 is 1.37 bits per heavy atom. The van der Waals surface area contributed by atoms with Crippen molar-refractivity contribution < 1.29 is 9.53 Å². The Labute approximate surface area is 183 Å². The van der Waals surface area contributed by atoms with Gasteiger partial charge in [0.05, 0.1) is 23.8 Å². The van der Waals surface area contributed by atoms with Crippen LogP contribution < -0.4 is 10.9 Å². The molecule has 8 heteroatoms. The molecule has 3 aromatic rings. The van der Waals surface area contributed by atoms with E-state index in [9.17, 15) is 9.59 Å². The summed E-state index contributed by atoms with van der Waals surface area (Å²) in [7, 11) is 0. The summed E-state index contributed by atoms with van der Waals surface area (Å²) in [5, 5.41) is 4.18. The third-order valence-electron chi connectivity index (χ3n) is 5.23. The molecule has 1 atom stereocenters. The normalized spacial score (nSPS) is 16.3. The van der Waals surface area contributed by atoms with E-state index in [4.69, 9.17) is 9.72 Å². The predicted octanol–water partition coefficient (Wildman–Crippen LogP) is 4.24. The Balaban J connectivity index is 1.63. The van der Waals surface area contributed by atoms with Gasteiger partial charge in [-0.3, -0.25) is 14.2 Å². The third kappa shape index (κ3) is 4.45. The van der Waals surface area contributed by atoms with Gasteiger partial charge in [0.25, 0.3) is 5.56 Å². The Hall–Kier alpha value is -2.16. The molecule has 0 radical (unpaired) electrons. The van der Waals surface area contributed by atoms with E-state index in [-0.39, 0.29) is 23.3 Å². The second-order valence-electron chi connectivity index (χ2n) is 7.32. The number of amides is 1. The summed E-state index contributed by atoms with van der Waals surface area (Å²) in [6.45, 7) is 5.31. The number of para-hydroxylation sites is 1. The summed E-state index contributed by atoms with van der Waals surface area (Å²) in [4.78, 5) is 32.5. The number of benzene rings is 1. The number of hydrogen-bond acceptors (Lipinski definition) is 6. The monoisotopic (exact) mass is 443 g/mol. The van der Waals surface area contributed by atoms with Crippen LogP contribution in [-0.4, -0.2) is 33.9 Å². The molecular formula is C22H25N3O3S2. The van der Waals surface area contributed by atoms with E-state index in [1.807, 2.05) is 37.3 Å². The molecule has 0 bridgehead atoms. The van der Waals surface area contributed by atoms with Gasteiger partial charge in [0.1, 0.15) is 4.83 Å². The van der Waals surface area contributed by atoms with Gasteiger partial charge in [-0.25, -0.2) is 4.98 Å². The number of hydrogen-bond donors (Lipinski definition) is 1. The van der Waals surface area contributed by atoms with Gasteiger partial charge in [0.15, 0.2) is 5.16 Å². The minimum atomic E-state index is -0.124. The smallest absolute Gasteiger partial charge is 0.263 e. The van der Waals surface area contributed by atoms with Gasteiger partial charge in [-0.15, -0.1) is 11.3 Å². The minimum absolute atomic E-state index is 0.0178. The van der Waals surface area contributed by atoms with E-state index in [0.717, 1.165) is 52.2 Å². The molecule has 0 unspecified atom stereocenters. The van der Waals surface area contributed by atoms with Gasteiger partial charge in [-0.05, 0) is 43.9 Å². The van der Waals surface area contributed by atoms with Crippen LogP contribution in [-0.2, 0) is 22.5 Å². The van der Waals surface area contributed by atoms with Crippen LogP contribution in [0.1, 0.15) is 30.2 Å². The summed E-state index contributed by atoms with van der Waals surface area (Å²) in [6.07, 6.45) is 2.76. The molecule has 2 aromatic heterocycles. The first kappa shape index (κ1) is 21.1. The molecule has 1 aromatic carbocycles. The van der Waals surface area contributed by atoms with E-state index < -0.39 is 0 Å². The van der Waals surface area contributed by atoms with E-state index in [2.05, 4.69) is 12.2 Å². The zero-order valence-corrected chi connectivity index (χ0v) is 18.8. The summed E-state index contributed by atoms with van der Waals surface area (Å²) in [6, 6.07) is 9.35. The van der Waals surface area contributed by atoms with Gasteiger partial charge in [-0.2, -0.15) is 0 Å². The van der Waals surface area contributed by atoms with Gasteiger partial charge in [0.2, 0.25) is 5.91 Å². The maximum Gasteiger partial charge on any atom is 0.263 e. The molecule has 1 N–H and O–H groups in total. The number of thioether (sulfide) groups is 1. The molecule has 4 rings (SSSR count). The number of carbonyl (C=O) groups excluding carboxylic acids is 1. The van der Waals surface area contributed by atoms with Gasteiger partial charge >= 0.3 is 0 Å². The first-order valence-electron chi connectivity index (χ1n) is 10.2. The molecule has 0 aliphatic carbocycles. The molecule has 1 fully saturated rings. The number of fused-ring (bicyclic) bond motifs is 1. The van der Waals surface area contributed by atoms with Gasteiger partial charge in [0, 0.05) is 17.2 Å². The summed E-state index contributed by atoms with van der Waals surface area (Å²) in [5.41, 5.74) is 1.80. The number of nitrogens with zero attached hydrogens (tertiary/aromatic N) is 2. The molecule has 1 amide bonds. The molecule has 0 saturated carbocycles. The van der Waals surface area contributed by atoms with Crippen LogP contribution in [0.5, 0.6) is 0 Å². The van der Waals surface area contributed by atoms with Crippen LogP contribution in [0.3, 0.4) is 0 Å². The number of aryl methyl sites for hydroxylation is 2. The maximum absolute atomic E-state index is 13.4. The van der Waals surface area contributed by atoms with Crippen molar-refractivity contribution in [2.24, 2.45) is 0 Å². The first-order chi connectivity index (χ1) is 14.6. The van der Waals surface area contributed by atoms with E-state index in [0.29, 0.717) is 11.7 Å². The van der Waals surface area contributed by atoms with Crippen molar-refractivity contribution in [3.05, 3.63) is 51.1 Å². The Morgan fingerprint density at radius 2 is 2.17 bits per heavy atom. The maximum atomic E-state index is 13.4. The molecule has 158 valence electrons. The number of thiophene rings is 1. The summed E-state index contributed by atoms with van der Waals surface area (Å²) in [5.74, 6) is 0.0596. The fourth-order valence-electron chi connectivity index (χ4n) is 3.77. The molecule has 3 heterocycles. The number of rotatable bonds is 7. The lowest BCUT2D eigenvalue weighted by molar-refractivity contribution is -0.113. The van der Waals surface area contributed by atoms with Crippen molar-refractivity contribution in [2.75, 3.05) is 17.7 Å². The van der Waals surface area contributed by atoms with E-state index >= 15 is 0 Å². The largest absolute Gasteiger partial charge is 0.376 e. The zero-order chi connectivity index (χ0) is 21.1. The van der Waals surface area contributed by atoms with Gasteiger partial charge in [-0.1, -0.05) is 36.9 Å². The first-order valence-corrected chi connectivity index (χ1v) is 12.0. The fourth-order valence-corrected chi connectivity index (χ4v) is 5.73. The summed E-state index contributed by atoms with van der Waals surface area (Å²) < 4.78 is 7.48. The van der Waals surface area contributed by atoms with Crippen molar-refractivity contribution in [3.8, 4) is 0 Å². The van der Waals surface area contributed by atoms with Crippen molar-refractivity contribution in [1.82, 2.24) is 9.55 Å². The van der Waals surface area contributed by atoms with Crippen LogP contribution in [0.2, 0.25) is 0 Å². The molecule has 0 spiro atoms. The quantitative estimate of drug-likeness (QED) is 0.437. The molecular weight excluding hydrogens is 418 g/mol. The topological polar surface area (TPSA) is 73.2 Å². The van der Waals surface area contributed by atoms with Crippen LogP contribution >= 0.6 is 23.1 Å². The molecule has 1 aliphatic rings. The summed E-state index contributed by atoms with van der Waals surface area (Å²) >= 11 is 2.85. The van der Waals surface area contributed by atoms with Crippen molar-refractivity contribution >= 4 is 44.9 Å². The minimum Gasteiger partial charge on any atom is -0.376 e. The number of ether oxygens (including phenoxy) is 1. The molecule has 30 heavy (non-hydrogen) atoms. The van der Waals surface area contributed by atoms with Crippen LogP contribution in [0.4, 0.5) is 5.69 Å². The van der Waals surface area contributed by atoms with Crippen molar-refractivity contribution in [1.29, 1.82) is 0 Å². The molecule has 1 saturated heterocycles. The van der Waals surface area contributed by atoms with Crippen molar-refractivity contribution in [3.63, 3.8) is 0 Å². The Morgan fingerprint density at radius 3 is 2.87 bits per heavy atom. The lowest BCUT2D eigenvalue weighted by atomic mass is 10.1. The highest BCUT2D eigenvalue weighted by molar-refractivity contribution is 7.99. The fraction of sp³-hybridized carbons (Fsp3) is 0.409. The highest BCUT2D eigenvalue weighted by Gasteiger charge is 2.23. The standard InChI is InChI=1S/C22H25N3O3S2/c1-3-17-14(2)30-20-19(17)21(27)25(12-16-10-7-11-28-16)22(24-20)29-13-18(26)23-15-8-5-4-6-9-15/h4-6,8-9,16H,3,7,10-13H2,1-2H3,(H,23,26)/t16-/m1/s1. The Bertz CT molecular complexity index is 1100. The molecule has 6 nitrogen and oxygen atoms in total.